The first-order chi connectivity index (χ1) is 5.70. The maximum Gasteiger partial charge on any atom is 0.366 e. The van der Waals surface area contributed by atoms with Crippen molar-refractivity contribution in [3.05, 3.63) is 27.6 Å². The van der Waals surface area contributed by atoms with Gasteiger partial charge in [0.05, 0.1) is 6.21 Å². The molecule has 0 aliphatic heterocycles. The van der Waals surface area contributed by atoms with E-state index in [0.717, 1.165) is 4.88 Å². The fourth-order valence-corrected chi connectivity index (χ4v) is 1.12. The van der Waals surface area contributed by atoms with Gasteiger partial charge < -0.3 is 5.21 Å². The lowest BCUT2D eigenvalue weighted by Crippen LogP contribution is -2.30. The summed E-state index contributed by atoms with van der Waals surface area (Å²) in [5, 5.41) is 16.0. The van der Waals surface area contributed by atoms with Gasteiger partial charge in [-0.15, -0.1) is 21.3 Å². The van der Waals surface area contributed by atoms with Gasteiger partial charge in [-0.05, 0) is 11.4 Å². The predicted molar refractivity (Wildman–Crippen MR) is 48.9 cm³/mol. The molecule has 0 aliphatic carbocycles. The maximum absolute atomic E-state index is 10.7. The zero-order valence-electron chi connectivity index (χ0n) is 6.18. The van der Waals surface area contributed by atoms with Gasteiger partial charge in [-0.3, -0.25) is 11.5 Å². The standard InChI is InChI=1S/C6H8N4OS/c7-6(8)10(11)9-4-5-2-1-3-12-5/h1-4H,7-8H2/b9-4+. The van der Waals surface area contributed by atoms with Crippen LogP contribution in [0.25, 0.3) is 0 Å². The molecule has 0 fully saturated rings. The molecule has 0 saturated carbocycles. The number of hydrogen-bond donors (Lipinski definition) is 2. The normalized spacial score (nSPS) is 10.3. The molecule has 0 aromatic carbocycles. The number of nitrogens with two attached hydrogens (primary N) is 2. The molecule has 0 aliphatic rings. The van der Waals surface area contributed by atoms with E-state index in [2.05, 4.69) is 5.10 Å². The molecule has 0 atom stereocenters. The number of rotatable bonds is 2. The van der Waals surface area contributed by atoms with E-state index in [1.54, 1.807) is 0 Å². The maximum atomic E-state index is 10.7. The van der Waals surface area contributed by atoms with Gasteiger partial charge in [0.2, 0.25) is 0 Å². The lowest BCUT2D eigenvalue weighted by Gasteiger charge is -2.01. The van der Waals surface area contributed by atoms with Gasteiger partial charge in [0.25, 0.3) is 0 Å². The zero-order chi connectivity index (χ0) is 8.97. The third-order valence-electron chi connectivity index (χ3n) is 1.05. The van der Waals surface area contributed by atoms with Gasteiger partial charge in [-0.2, -0.15) is 0 Å². The van der Waals surface area contributed by atoms with Crippen molar-refractivity contribution in [1.82, 2.24) is 0 Å². The summed E-state index contributed by atoms with van der Waals surface area (Å²) in [6.45, 7) is 0. The molecule has 0 bridgehead atoms. The van der Waals surface area contributed by atoms with Crippen molar-refractivity contribution >= 4 is 23.5 Å². The fourth-order valence-electron chi connectivity index (χ4n) is 0.541. The van der Waals surface area contributed by atoms with E-state index in [1.807, 2.05) is 17.5 Å². The molecule has 12 heavy (non-hydrogen) atoms. The highest BCUT2D eigenvalue weighted by Crippen LogP contribution is 2.04. The minimum atomic E-state index is -0.372. The summed E-state index contributed by atoms with van der Waals surface area (Å²) in [5.41, 5.74) is 9.95. The lowest BCUT2D eigenvalue weighted by molar-refractivity contribution is -0.463. The molecule has 1 rings (SSSR count). The Morgan fingerprint density at radius 1 is 1.67 bits per heavy atom. The van der Waals surface area contributed by atoms with Crippen LogP contribution in [-0.2, 0) is 0 Å². The number of nitrogens with zero attached hydrogens (tertiary/aromatic N) is 2. The molecule has 1 aromatic heterocycles. The van der Waals surface area contributed by atoms with Crippen LogP contribution in [0.5, 0.6) is 0 Å². The first kappa shape index (κ1) is 8.54. The van der Waals surface area contributed by atoms with Gasteiger partial charge in [-0.1, -0.05) is 6.07 Å². The van der Waals surface area contributed by atoms with Crippen LogP contribution in [-0.4, -0.2) is 17.0 Å². The van der Waals surface area contributed by atoms with Crippen molar-refractivity contribution in [2.24, 2.45) is 16.6 Å². The van der Waals surface area contributed by atoms with Gasteiger partial charge in [0.15, 0.2) is 0 Å². The monoisotopic (exact) mass is 184 g/mol. The molecule has 5 nitrogen and oxygen atoms in total. The summed E-state index contributed by atoms with van der Waals surface area (Å²) in [5.74, 6) is -0.372. The van der Waals surface area contributed by atoms with Crippen LogP contribution in [0.15, 0.2) is 22.6 Å². The van der Waals surface area contributed by atoms with Gasteiger partial charge in [0.1, 0.15) is 0 Å². The summed E-state index contributed by atoms with van der Waals surface area (Å²) in [7, 11) is 0. The van der Waals surface area contributed by atoms with E-state index in [1.165, 1.54) is 17.6 Å². The highest BCUT2D eigenvalue weighted by molar-refractivity contribution is 7.11. The van der Waals surface area contributed by atoms with Crippen molar-refractivity contribution in [2.45, 2.75) is 0 Å². The Morgan fingerprint density at radius 2 is 2.42 bits per heavy atom. The topological polar surface area (TPSA) is 90.5 Å². The first-order valence-electron chi connectivity index (χ1n) is 3.13. The highest BCUT2D eigenvalue weighted by Gasteiger charge is 1.89. The van der Waals surface area contributed by atoms with Crippen molar-refractivity contribution in [3.63, 3.8) is 0 Å². The second kappa shape index (κ2) is 3.72. The lowest BCUT2D eigenvalue weighted by atomic mass is 10.5. The first-order valence-corrected chi connectivity index (χ1v) is 4.01. The second-order valence-electron chi connectivity index (χ2n) is 1.96. The molecule has 1 heterocycles. The van der Waals surface area contributed by atoms with E-state index in [9.17, 15) is 5.21 Å². The Balaban J connectivity index is 2.70. The van der Waals surface area contributed by atoms with E-state index < -0.39 is 0 Å². The Hall–Kier alpha value is -1.56. The Labute approximate surface area is 73.2 Å². The average molecular weight is 184 g/mol. The smallest absolute Gasteiger partial charge is 0.366 e. The second-order valence-corrected chi connectivity index (χ2v) is 2.94. The summed E-state index contributed by atoms with van der Waals surface area (Å²) >= 11 is 1.47. The third kappa shape index (κ3) is 2.24. The predicted octanol–water partition coefficient (Wildman–Crippen LogP) is -0.134. The van der Waals surface area contributed by atoms with Crippen LogP contribution in [0.1, 0.15) is 4.88 Å². The average Bonchev–Trinajstić information content (AvgIpc) is 2.51. The molecule has 1 aromatic rings. The molecule has 0 radical (unpaired) electrons. The highest BCUT2D eigenvalue weighted by atomic mass is 32.1. The van der Waals surface area contributed by atoms with Crippen LogP contribution < -0.4 is 11.5 Å². The summed E-state index contributed by atoms with van der Waals surface area (Å²) < 4.78 is 0. The molecular formula is C6H8N4OS. The molecular weight excluding hydrogens is 176 g/mol. The number of hydrogen-bond acceptors (Lipinski definition) is 3. The molecule has 0 saturated heterocycles. The van der Waals surface area contributed by atoms with Crippen molar-refractivity contribution < 1.29 is 4.85 Å². The minimum absolute atomic E-state index is 0.166. The van der Waals surface area contributed by atoms with Crippen LogP contribution >= 0.6 is 11.3 Å². The number of guanidine groups is 1. The Kier molecular flexibility index (Phi) is 2.65. The summed E-state index contributed by atoms with van der Waals surface area (Å²) in [6, 6.07) is 3.69. The summed E-state index contributed by atoms with van der Waals surface area (Å²) in [4.78, 5) is 1.04. The molecule has 64 valence electrons. The van der Waals surface area contributed by atoms with Crippen molar-refractivity contribution in [3.8, 4) is 0 Å². The molecule has 0 spiro atoms. The quantitative estimate of drug-likeness (QED) is 0.220. The fraction of sp³-hybridized carbons (Fsp3) is 0. The van der Waals surface area contributed by atoms with E-state index in [4.69, 9.17) is 11.5 Å². The van der Waals surface area contributed by atoms with Crippen molar-refractivity contribution in [1.29, 1.82) is 0 Å². The summed E-state index contributed by atoms with van der Waals surface area (Å²) in [6.07, 6.45) is 1.40. The van der Waals surface area contributed by atoms with Gasteiger partial charge >= 0.3 is 5.96 Å². The SMILES string of the molecule is NC(N)=[N+]([O-])/N=C/c1cccs1. The van der Waals surface area contributed by atoms with Crippen LogP contribution in [0, 0.1) is 5.21 Å². The minimum Gasteiger partial charge on any atom is -0.722 e. The van der Waals surface area contributed by atoms with E-state index in [-0.39, 0.29) is 10.8 Å². The molecule has 0 unspecified atom stereocenters. The van der Waals surface area contributed by atoms with Gasteiger partial charge in [-0.25, -0.2) is 0 Å². The Bertz CT molecular complexity index is 299. The molecule has 0 amide bonds. The molecule has 6 heteroatoms. The van der Waals surface area contributed by atoms with Gasteiger partial charge in [0, 0.05) is 4.88 Å². The van der Waals surface area contributed by atoms with Crippen molar-refractivity contribution in [2.75, 3.05) is 0 Å². The number of hydrazone groups is 1. The largest absolute Gasteiger partial charge is 0.722 e. The zero-order valence-corrected chi connectivity index (χ0v) is 6.99. The van der Waals surface area contributed by atoms with Crippen LogP contribution in [0.4, 0.5) is 0 Å². The van der Waals surface area contributed by atoms with Crippen LogP contribution in [0.3, 0.4) is 0 Å². The Morgan fingerprint density at radius 3 is 2.92 bits per heavy atom. The van der Waals surface area contributed by atoms with Crippen LogP contribution in [0.2, 0.25) is 0 Å². The molecule has 4 N–H and O–H groups in total. The number of thiophene rings is 1. The van der Waals surface area contributed by atoms with E-state index in [0.29, 0.717) is 0 Å². The third-order valence-corrected chi connectivity index (χ3v) is 1.86. The van der Waals surface area contributed by atoms with E-state index >= 15 is 0 Å².